The molecule has 0 amide bonds. The summed E-state index contributed by atoms with van der Waals surface area (Å²) in [5.41, 5.74) is 4.65. The Morgan fingerprint density at radius 3 is 2.37 bits per heavy atom. The Bertz CT molecular complexity index is 445. The number of hydrogen-bond donors (Lipinski definition) is 0. The molecule has 0 aliphatic heterocycles. The number of hydrogen-bond acceptors (Lipinski definition) is 0. The van der Waals surface area contributed by atoms with E-state index in [4.69, 9.17) is 0 Å². The van der Waals surface area contributed by atoms with Crippen LogP contribution in [-0.2, 0) is 0 Å². The van der Waals surface area contributed by atoms with Gasteiger partial charge >= 0.3 is 0 Å². The van der Waals surface area contributed by atoms with E-state index in [2.05, 4.69) is 65.0 Å². The first-order valence-corrected chi connectivity index (χ1v) is 7.68. The second-order valence-corrected chi connectivity index (χ2v) is 7.27. The maximum atomic E-state index is 2.55. The third-order valence-electron chi connectivity index (χ3n) is 4.38. The van der Waals surface area contributed by atoms with Gasteiger partial charge < -0.3 is 0 Å². The lowest BCUT2D eigenvalue weighted by Crippen LogP contribution is -2.11. The van der Waals surface area contributed by atoms with E-state index in [-0.39, 0.29) is 0 Å². The van der Waals surface area contributed by atoms with Gasteiger partial charge in [-0.25, -0.2) is 0 Å². The van der Waals surface area contributed by atoms with Crippen LogP contribution in [0.25, 0.3) is 5.57 Å². The first-order valence-electron chi connectivity index (χ1n) is 7.68. The quantitative estimate of drug-likeness (QED) is 0.633. The highest BCUT2D eigenvalue weighted by Gasteiger charge is 2.33. The maximum Gasteiger partial charge on any atom is -0.00951 e. The Balaban J connectivity index is 2.17. The van der Waals surface area contributed by atoms with E-state index in [0.29, 0.717) is 5.41 Å². The fourth-order valence-corrected chi connectivity index (χ4v) is 3.24. The number of benzene rings is 1. The monoisotopic (exact) mass is 256 g/mol. The van der Waals surface area contributed by atoms with Crippen LogP contribution in [0.1, 0.15) is 58.1 Å². The molecule has 0 bridgehead atoms. The molecule has 0 nitrogen and oxygen atoms in total. The molecule has 1 aromatic carbocycles. The molecule has 0 radical (unpaired) electrons. The topological polar surface area (TPSA) is 0 Å². The average molecular weight is 256 g/mol. The molecule has 0 fully saturated rings. The van der Waals surface area contributed by atoms with Gasteiger partial charge in [0.15, 0.2) is 0 Å². The van der Waals surface area contributed by atoms with E-state index in [1.807, 2.05) is 0 Å². The first kappa shape index (κ1) is 14.4. The molecule has 1 atom stereocenters. The van der Waals surface area contributed by atoms with Gasteiger partial charge in [0, 0.05) is 0 Å². The minimum absolute atomic E-state index is 0.330. The summed E-state index contributed by atoms with van der Waals surface area (Å²) in [5.74, 6) is 1.59. The normalized spacial score (nSPS) is 21.8. The van der Waals surface area contributed by atoms with Crippen LogP contribution in [0.4, 0.5) is 0 Å². The third-order valence-corrected chi connectivity index (χ3v) is 4.38. The van der Waals surface area contributed by atoms with Crippen LogP contribution in [0, 0.1) is 24.2 Å². The van der Waals surface area contributed by atoms with Crippen LogP contribution in [0.15, 0.2) is 30.3 Å². The molecule has 0 N–H and O–H groups in total. The van der Waals surface area contributed by atoms with Gasteiger partial charge in [0.05, 0.1) is 0 Å². The number of allylic oxidation sites excluding steroid dienone is 2. The van der Waals surface area contributed by atoms with Crippen molar-refractivity contribution in [2.45, 2.75) is 53.9 Å². The van der Waals surface area contributed by atoms with Gasteiger partial charge in [-0.2, -0.15) is 0 Å². The molecule has 0 saturated heterocycles. The third kappa shape index (κ3) is 3.49. The van der Waals surface area contributed by atoms with Crippen molar-refractivity contribution in [3.63, 3.8) is 0 Å². The highest BCUT2D eigenvalue weighted by atomic mass is 14.4. The van der Waals surface area contributed by atoms with Crippen molar-refractivity contribution in [1.29, 1.82) is 0 Å². The fraction of sp³-hybridized carbons (Fsp3) is 0.579. The summed E-state index contributed by atoms with van der Waals surface area (Å²) in [5, 5.41) is 0. The van der Waals surface area contributed by atoms with Gasteiger partial charge in [0.25, 0.3) is 0 Å². The van der Waals surface area contributed by atoms with E-state index in [1.54, 1.807) is 5.57 Å². The minimum atomic E-state index is 0.330. The summed E-state index contributed by atoms with van der Waals surface area (Å²) in [6.45, 7) is 11.6. The van der Waals surface area contributed by atoms with E-state index in [1.165, 1.54) is 30.4 Å². The highest BCUT2D eigenvalue weighted by Crippen LogP contribution is 2.48. The molecule has 0 heteroatoms. The van der Waals surface area contributed by atoms with Gasteiger partial charge in [0.1, 0.15) is 0 Å². The fourth-order valence-electron chi connectivity index (χ4n) is 3.24. The summed E-state index contributed by atoms with van der Waals surface area (Å²) >= 11 is 0. The van der Waals surface area contributed by atoms with Crippen molar-refractivity contribution >= 4 is 5.57 Å². The van der Waals surface area contributed by atoms with Gasteiger partial charge in [-0.1, -0.05) is 70.0 Å². The summed E-state index contributed by atoms with van der Waals surface area (Å²) in [4.78, 5) is 0. The molecule has 1 aromatic rings. The SMILES string of the molecule is Cc1ccc(C2=CC(CCC(C)C)CC2(C)C)cc1. The molecule has 1 aliphatic carbocycles. The zero-order valence-corrected chi connectivity index (χ0v) is 13.2. The molecule has 0 heterocycles. The molecule has 1 aliphatic rings. The van der Waals surface area contributed by atoms with Gasteiger partial charge in [0.2, 0.25) is 0 Å². The number of rotatable bonds is 4. The molecule has 1 unspecified atom stereocenters. The van der Waals surface area contributed by atoms with E-state index >= 15 is 0 Å². The molecule has 0 spiro atoms. The summed E-state index contributed by atoms with van der Waals surface area (Å²) in [6.07, 6.45) is 6.55. The molecule has 2 rings (SSSR count). The lowest BCUT2D eigenvalue weighted by molar-refractivity contribution is 0.382. The molecule has 19 heavy (non-hydrogen) atoms. The standard InChI is InChI=1S/C19H28/c1-14(2)6-9-16-12-18(19(4,5)13-16)17-10-7-15(3)8-11-17/h7-8,10-12,14,16H,6,9,13H2,1-5H3. The second-order valence-electron chi connectivity index (χ2n) is 7.27. The highest BCUT2D eigenvalue weighted by molar-refractivity contribution is 5.72. The number of aryl methyl sites for hydroxylation is 1. The largest absolute Gasteiger partial charge is 0.0770 e. The smallest absolute Gasteiger partial charge is 0.00951 e. The van der Waals surface area contributed by atoms with E-state index in [9.17, 15) is 0 Å². The van der Waals surface area contributed by atoms with Crippen LogP contribution < -0.4 is 0 Å². The maximum absolute atomic E-state index is 2.55. The van der Waals surface area contributed by atoms with E-state index in [0.717, 1.165) is 11.8 Å². The van der Waals surface area contributed by atoms with Crippen LogP contribution in [0.3, 0.4) is 0 Å². The van der Waals surface area contributed by atoms with Crippen molar-refractivity contribution in [3.8, 4) is 0 Å². The minimum Gasteiger partial charge on any atom is -0.0770 e. The molecular formula is C19H28. The Kier molecular flexibility index (Phi) is 4.18. The van der Waals surface area contributed by atoms with Crippen molar-refractivity contribution < 1.29 is 0 Å². The Hall–Kier alpha value is -1.04. The molecular weight excluding hydrogens is 228 g/mol. The van der Waals surface area contributed by atoms with Crippen LogP contribution in [-0.4, -0.2) is 0 Å². The van der Waals surface area contributed by atoms with Gasteiger partial charge in [-0.05, 0) is 48.2 Å². The summed E-state index contributed by atoms with van der Waals surface area (Å²) in [7, 11) is 0. The van der Waals surface area contributed by atoms with Gasteiger partial charge in [-0.15, -0.1) is 0 Å². The Labute approximate surface area is 118 Å². The molecule has 104 valence electrons. The lowest BCUT2D eigenvalue weighted by atomic mass is 9.80. The Morgan fingerprint density at radius 2 is 1.79 bits per heavy atom. The van der Waals surface area contributed by atoms with Crippen molar-refractivity contribution in [2.24, 2.45) is 17.3 Å². The molecule has 0 saturated carbocycles. The second kappa shape index (κ2) is 5.53. The first-order chi connectivity index (χ1) is 8.88. The van der Waals surface area contributed by atoms with Crippen molar-refractivity contribution in [3.05, 3.63) is 41.5 Å². The summed E-state index contributed by atoms with van der Waals surface area (Å²) in [6, 6.07) is 9.03. The van der Waals surface area contributed by atoms with E-state index < -0.39 is 0 Å². The average Bonchev–Trinajstić information content (AvgIpc) is 2.63. The zero-order chi connectivity index (χ0) is 14.0. The summed E-state index contributed by atoms with van der Waals surface area (Å²) < 4.78 is 0. The molecule has 0 aromatic heterocycles. The van der Waals surface area contributed by atoms with Crippen LogP contribution >= 0.6 is 0 Å². The Morgan fingerprint density at radius 1 is 1.16 bits per heavy atom. The predicted molar refractivity (Wildman–Crippen MR) is 85.1 cm³/mol. The predicted octanol–water partition coefficient (Wildman–Crippen LogP) is 5.86. The van der Waals surface area contributed by atoms with Crippen LogP contribution in [0.2, 0.25) is 0 Å². The zero-order valence-electron chi connectivity index (χ0n) is 13.2. The van der Waals surface area contributed by atoms with Crippen molar-refractivity contribution in [1.82, 2.24) is 0 Å². The van der Waals surface area contributed by atoms with Crippen molar-refractivity contribution in [2.75, 3.05) is 0 Å². The lowest BCUT2D eigenvalue weighted by Gasteiger charge is -2.24. The van der Waals surface area contributed by atoms with Crippen LogP contribution in [0.5, 0.6) is 0 Å². The van der Waals surface area contributed by atoms with Gasteiger partial charge in [-0.3, -0.25) is 0 Å².